The molecule has 0 spiro atoms. The maximum absolute atomic E-state index is 13.0. The number of alkyl halides is 3. The molecule has 0 atom stereocenters. The summed E-state index contributed by atoms with van der Waals surface area (Å²) in [6.07, 6.45) is -3.19. The minimum atomic E-state index is -4.76. The van der Waals surface area contributed by atoms with Gasteiger partial charge in [0.15, 0.2) is 23.0 Å². The van der Waals surface area contributed by atoms with Crippen molar-refractivity contribution in [3.8, 4) is 34.8 Å². The van der Waals surface area contributed by atoms with Crippen LogP contribution in [0.2, 0.25) is 0 Å². The van der Waals surface area contributed by atoms with E-state index in [1.54, 1.807) is 30.3 Å². The molecule has 8 nitrogen and oxygen atoms in total. The van der Waals surface area contributed by atoms with Crippen molar-refractivity contribution >= 4 is 33.3 Å². The summed E-state index contributed by atoms with van der Waals surface area (Å²) in [7, 11) is 4.28. The van der Waals surface area contributed by atoms with Crippen LogP contribution in [0, 0.1) is 21.4 Å². The third kappa shape index (κ3) is 6.13. The van der Waals surface area contributed by atoms with Crippen LogP contribution in [0.25, 0.3) is 11.6 Å². The van der Waals surface area contributed by atoms with Gasteiger partial charge in [0.25, 0.3) is 0 Å². The molecule has 0 N–H and O–H groups in total. The van der Waals surface area contributed by atoms with E-state index in [9.17, 15) is 28.5 Å². The lowest BCUT2D eigenvalue weighted by Crippen LogP contribution is -2.06. The Labute approximate surface area is 217 Å². The van der Waals surface area contributed by atoms with Crippen LogP contribution in [0.4, 0.5) is 18.9 Å². The molecule has 3 aromatic rings. The van der Waals surface area contributed by atoms with Gasteiger partial charge in [-0.25, -0.2) is 0 Å². The van der Waals surface area contributed by atoms with Gasteiger partial charge in [0.1, 0.15) is 0 Å². The molecule has 0 aliphatic heterocycles. The van der Waals surface area contributed by atoms with E-state index >= 15 is 0 Å². The zero-order chi connectivity index (χ0) is 27.3. The van der Waals surface area contributed by atoms with Crippen LogP contribution < -0.4 is 18.9 Å². The molecule has 0 saturated carbocycles. The average molecular weight is 579 g/mol. The Balaban J connectivity index is 2.04. The minimum Gasteiger partial charge on any atom is -0.493 e. The number of nitrogens with zero attached hydrogens (tertiary/aromatic N) is 2. The lowest BCUT2D eigenvalue weighted by atomic mass is 10.0. The third-order valence-electron chi connectivity index (χ3n) is 5.07. The monoisotopic (exact) mass is 578 g/mol. The van der Waals surface area contributed by atoms with Gasteiger partial charge in [0, 0.05) is 6.07 Å². The molecule has 0 unspecified atom stereocenters. The Bertz CT molecular complexity index is 1420. The number of nitro benzene ring substituents is 1. The van der Waals surface area contributed by atoms with Gasteiger partial charge in [0.05, 0.1) is 47.9 Å². The molecule has 0 heterocycles. The molecule has 0 fully saturated rings. The van der Waals surface area contributed by atoms with Crippen molar-refractivity contribution in [3.63, 3.8) is 0 Å². The second-order valence-electron chi connectivity index (χ2n) is 7.31. The molecule has 0 radical (unpaired) electrons. The number of allylic oxidation sites excluding steroid dienone is 1. The Hall–Kier alpha value is -4.24. The predicted octanol–water partition coefficient (Wildman–Crippen LogP) is 7.26. The maximum Gasteiger partial charge on any atom is 0.416 e. The molecule has 0 aliphatic rings. The Kier molecular flexibility index (Phi) is 8.29. The number of nitro groups is 1. The van der Waals surface area contributed by atoms with Gasteiger partial charge in [-0.1, -0.05) is 0 Å². The summed E-state index contributed by atoms with van der Waals surface area (Å²) < 4.78 is 60.8. The molecule has 12 heteroatoms. The van der Waals surface area contributed by atoms with Crippen LogP contribution in [0.3, 0.4) is 0 Å². The number of hydrogen-bond acceptors (Lipinski definition) is 7. The molecule has 0 bridgehead atoms. The molecule has 0 saturated heterocycles. The van der Waals surface area contributed by atoms with Crippen molar-refractivity contribution in [2.24, 2.45) is 0 Å². The van der Waals surface area contributed by atoms with Crippen LogP contribution >= 0.6 is 15.9 Å². The molecule has 37 heavy (non-hydrogen) atoms. The van der Waals surface area contributed by atoms with Crippen molar-refractivity contribution in [1.82, 2.24) is 0 Å². The topological polar surface area (TPSA) is 104 Å². The molecule has 192 valence electrons. The number of nitriles is 1. The fraction of sp³-hybridized carbons (Fsp3) is 0.160. The van der Waals surface area contributed by atoms with Gasteiger partial charge in [0.2, 0.25) is 5.75 Å². The highest BCUT2D eigenvalue weighted by atomic mass is 79.9. The number of rotatable bonds is 8. The summed E-state index contributed by atoms with van der Waals surface area (Å²) in [4.78, 5) is 10.5. The first-order valence-electron chi connectivity index (χ1n) is 10.3. The number of ether oxygens (including phenoxy) is 4. The second-order valence-corrected chi connectivity index (χ2v) is 8.17. The van der Waals surface area contributed by atoms with E-state index < -0.39 is 28.1 Å². The van der Waals surface area contributed by atoms with E-state index in [0.717, 1.165) is 6.07 Å². The van der Waals surface area contributed by atoms with Gasteiger partial charge in [-0.15, -0.1) is 0 Å². The Morgan fingerprint density at radius 1 is 0.973 bits per heavy atom. The maximum atomic E-state index is 13.0. The largest absolute Gasteiger partial charge is 0.493 e. The molecular formula is C25H18BrF3N2O6. The molecule has 0 aliphatic carbocycles. The van der Waals surface area contributed by atoms with Crippen LogP contribution in [-0.4, -0.2) is 26.3 Å². The Morgan fingerprint density at radius 2 is 1.62 bits per heavy atom. The van der Waals surface area contributed by atoms with E-state index in [2.05, 4.69) is 22.0 Å². The van der Waals surface area contributed by atoms with Gasteiger partial charge < -0.3 is 18.9 Å². The molecule has 3 aromatic carbocycles. The number of benzene rings is 3. The first kappa shape index (κ1) is 27.3. The molecule has 0 amide bonds. The number of hydrogen-bond donors (Lipinski definition) is 0. The van der Waals surface area contributed by atoms with Gasteiger partial charge >= 0.3 is 11.9 Å². The summed E-state index contributed by atoms with van der Waals surface area (Å²) in [5, 5.41) is 21.2. The highest BCUT2D eigenvalue weighted by Gasteiger charge is 2.33. The van der Waals surface area contributed by atoms with E-state index in [-0.39, 0.29) is 21.5 Å². The molecule has 3 rings (SSSR count). The van der Waals surface area contributed by atoms with Crippen molar-refractivity contribution in [3.05, 3.63) is 79.8 Å². The van der Waals surface area contributed by atoms with Crippen molar-refractivity contribution < 1.29 is 37.0 Å². The normalized spacial score (nSPS) is 11.5. The van der Waals surface area contributed by atoms with E-state index in [1.807, 2.05) is 0 Å². The van der Waals surface area contributed by atoms with Crippen molar-refractivity contribution in [2.45, 2.75) is 6.18 Å². The fourth-order valence-corrected chi connectivity index (χ4v) is 3.85. The first-order chi connectivity index (χ1) is 17.5. The van der Waals surface area contributed by atoms with Gasteiger partial charge in [-0.3, -0.25) is 10.1 Å². The van der Waals surface area contributed by atoms with Gasteiger partial charge in [-0.05, 0) is 75.6 Å². The summed E-state index contributed by atoms with van der Waals surface area (Å²) in [5.41, 5.74) is -0.715. The number of methoxy groups -OCH3 is 3. The molecule has 0 aromatic heterocycles. The standard InChI is InChI=1S/C25H18BrF3N2O6/c1-34-21-6-4-15(11-22(21)35-2)16(13-30)8-14-9-18(26)24(23(10-14)36-3)37-20-7-5-17(25(27,28)29)12-19(20)31(32)33/h4-12H,1-3H3/b16-8+. The van der Waals surface area contributed by atoms with E-state index in [1.165, 1.54) is 27.4 Å². The van der Waals surface area contributed by atoms with Crippen molar-refractivity contribution in [1.29, 1.82) is 5.26 Å². The summed E-state index contributed by atoms with van der Waals surface area (Å²) in [6.45, 7) is 0. The SMILES string of the molecule is COc1ccc(/C(C#N)=C/c2cc(Br)c(Oc3ccc(C(F)(F)F)cc3[N+](=O)[O-])c(OC)c2)cc1OC. The highest BCUT2D eigenvalue weighted by Crippen LogP contribution is 2.44. The lowest BCUT2D eigenvalue weighted by molar-refractivity contribution is -0.385. The van der Waals surface area contributed by atoms with Crippen LogP contribution in [0.5, 0.6) is 28.7 Å². The van der Waals surface area contributed by atoms with E-state index in [4.69, 9.17) is 18.9 Å². The average Bonchev–Trinajstić information content (AvgIpc) is 2.87. The molecular weight excluding hydrogens is 561 g/mol. The first-order valence-corrected chi connectivity index (χ1v) is 11.1. The Morgan fingerprint density at radius 3 is 2.19 bits per heavy atom. The fourth-order valence-electron chi connectivity index (χ4n) is 3.31. The second kappa shape index (κ2) is 11.2. The zero-order valence-electron chi connectivity index (χ0n) is 19.6. The number of halogens is 4. The van der Waals surface area contributed by atoms with E-state index in [0.29, 0.717) is 34.8 Å². The summed E-state index contributed by atoms with van der Waals surface area (Å²) in [6, 6.07) is 12.1. The van der Waals surface area contributed by atoms with Crippen LogP contribution in [0.15, 0.2) is 53.0 Å². The van der Waals surface area contributed by atoms with Crippen LogP contribution in [0.1, 0.15) is 16.7 Å². The lowest BCUT2D eigenvalue weighted by Gasteiger charge is -2.14. The summed E-state index contributed by atoms with van der Waals surface area (Å²) in [5.74, 6) is 0.614. The van der Waals surface area contributed by atoms with Crippen LogP contribution in [-0.2, 0) is 6.18 Å². The highest BCUT2D eigenvalue weighted by molar-refractivity contribution is 9.10. The quantitative estimate of drug-likeness (QED) is 0.120. The third-order valence-corrected chi connectivity index (χ3v) is 5.66. The van der Waals surface area contributed by atoms with Gasteiger partial charge in [-0.2, -0.15) is 18.4 Å². The predicted molar refractivity (Wildman–Crippen MR) is 132 cm³/mol. The van der Waals surface area contributed by atoms with Crippen molar-refractivity contribution in [2.75, 3.05) is 21.3 Å². The zero-order valence-corrected chi connectivity index (χ0v) is 21.1. The summed E-state index contributed by atoms with van der Waals surface area (Å²) >= 11 is 3.31. The smallest absolute Gasteiger partial charge is 0.416 e. The minimum absolute atomic E-state index is 0.00728.